The summed E-state index contributed by atoms with van der Waals surface area (Å²) in [5.74, 6) is 0.613. The van der Waals surface area contributed by atoms with Crippen molar-refractivity contribution in [1.29, 1.82) is 0 Å². The summed E-state index contributed by atoms with van der Waals surface area (Å²) < 4.78 is 59.9. The lowest BCUT2D eigenvalue weighted by Gasteiger charge is -2.40. The average molecular weight is 763 g/mol. The van der Waals surface area contributed by atoms with Crippen LogP contribution >= 0.6 is 11.3 Å². The number of ether oxygens (including phenoxy) is 2. The van der Waals surface area contributed by atoms with Gasteiger partial charge in [0.25, 0.3) is 6.43 Å². The van der Waals surface area contributed by atoms with Gasteiger partial charge in [0.1, 0.15) is 23.4 Å². The van der Waals surface area contributed by atoms with E-state index >= 15 is 8.78 Å². The van der Waals surface area contributed by atoms with Gasteiger partial charge < -0.3 is 19.5 Å². The van der Waals surface area contributed by atoms with Gasteiger partial charge in [-0.05, 0) is 76.1 Å². The summed E-state index contributed by atoms with van der Waals surface area (Å²) in [5.41, 5.74) is 1.40. The van der Waals surface area contributed by atoms with E-state index in [1.165, 1.54) is 11.3 Å². The van der Waals surface area contributed by atoms with Crippen LogP contribution in [-0.4, -0.2) is 109 Å². The fraction of sp³-hybridized carbons (Fsp3) is 0.553. The number of anilines is 1. The van der Waals surface area contributed by atoms with E-state index in [0.717, 1.165) is 62.3 Å². The first-order valence-corrected chi connectivity index (χ1v) is 19.8. The smallest absolute Gasteiger partial charge is 0.407 e. The number of halogens is 3. The van der Waals surface area contributed by atoms with Crippen LogP contribution in [0.3, 0.4) is 0 Å². The molecule has 5 fully saturated rings. The lowest BCUT2D eigenvalue weighted by atomic mass is 9.95. The van der Waals surface area contributed by atoms with E-state index in [9.17, 15) is 14.3 Å². The highest BCUT2D eigenvalue weighted by molar-refractivity contribution is 7.26. The largest absolute Gasteiger partial charge is 0.465 e. The first-order valence-electron chi connectivity index (χ1n) is 19.0. The predicted octanol–water partition coefficient (Wildman–Crippen LogP) is 7.49. The van der Waals surface area contributed by atoms with Crippen molar-refractivity contribution < 1.29 is 32.5 Å². The van der Waals surface area contributed by atoms with E-state index in [0.29, 0.717) is 75.7 Å². The number of carboxylic acid groups (broad SMARTS) is 1. The Morgan fingerprint density at radius 2 is 1.96 bits per heavy atom. The van der Waals surface area contributed by atoms with Crippen molar-refractivity contribution in [2.24, 2.45) is 0 Å². The number of aromatic nitrogens is 5. The Kier molecular flexibility index (Phi) is 8.18. The minimum Gasteiger partial charge on any atom is -0.465 e. The normalized spacial score (nSPS) is 27.3. The van der Waals surface area contributed by atoms with Crippen molar-refractivity contribution >= 4 is 54.5 Å². The molecule has 4 aromatic heterocycles. The van der Waals surface area contributed by atoms with E-state index in [1.54, 1.807) is 30.3 Å². The molecule has 9 heterocycles. The first kappa shape index (κ1) is 34.2. The van der Waals surface area contributed by atoms with Gasteiger partial charge in [0.05, 0.1) is 45.1 Å². The summed E-state index contributed by atoms with van der Waals surface area (Å²) in [6.07, 6.45) is 4.89. The minimum absolute atomic E-state index is 0.0936. The molecule has 0 aliphatic carbocycles. The SMILES string of the molecule is Cc1cc2c(cnn2C2CCCCO2)c(-c2nccc3c2sc2nc(OC[C@@]45CCCN4C[C@H](F)C5)nc(N4C[C@H]5CC[C@@H](C4)N5C(=O)O)c23)c1C(F)F. The summed E-state index contributed by atoms with van der Waals surface area (Å²) in [6, 6.07) is 3.42. The maximum absolute atomic E-state index is 15.1. The molecule has 5 atom stereocenters. The van der Waals surface area contributed by atoms with Crippen molar-refractivity contribution in [2.45, 2.75) is 94.7 Å². The standard InChI is InChI=1S/C38H41F3N8O4S/c1-20-13-26-25(15-43-49(26)27-5-2-3-12-52-27)29(28(20)33(40)41)31-32-24(8-10-42-31)30-34(46-17-22-6-7-23(18-46)48(22)37(50)51)44-36(45-35(30)54-32)53-19-38-9-4-11-47(38)16-21(39)14-38/h8,10,13,15,21-23,27,33H,2-7,9,11-12,14,16-19H2,1H3,(H,50,51)/t21-,22-,23+,27?,38+/m1/s1. The van der Waals surface area contributed by atoms with Gasteiger partial charge in [-0.1, -0.05) is 0 Å². The maximum atomic E-state index is 15.1. The summed E-state index contributed by atoms with van der Waals surface area (Å²) in [7, 11) is 0. The molecule has 1 N–H and O–H groups in total. The molecule has 0 saturated carbocycles. The molecule has 1 aromatic carbocycles. The van der Waals surface area contributed by atoms with Crippen LogP contribution in [0.15, 0.2) is 24.5 Å². The van der Waals surface area contributed by atoms with Gasteiger partial charge in [-0.3, -0.25) is 14.8 Å². The van der Waals surface area contributed by atoms with Crippen molar-refractivity contribution in [3.63, 3.8) is 0 Å². The molecule has 16 heteroatoms. The van der Waals surface area contributed by atoms with Crippen molar-refractivity contribution in [3.05, 3.63) is 35.7 Å². The molecule has 2 bridgehead atoms. The van der Waals surface area contributed by atoms with Crippen LogP contribution in [-0.2, 0) is 4.74 Å². The van der Waals surface area contributed by atoms with E-state index in [2.05, 4.69) is 14.9 Å². The van der Waals surface area contributed by atoms with Crippen molar-refractivity contribution in [1.82, 2.24) is 34.5 Å². The van der Waals surface area contributed by atoms with Gasteiger partial charge >= 0.3 is 12.1 Å². The molecule has 5 aliphatic rings. The van der Waals surface area contributed by atoms with E-state index in [-0.39, 0.29) is 36.5 Å². The van der Waals surface area contributed by atoms with E-state index in [1.807, 2.05) is 10.7 Å². The molecular formula is C38H41F3N8O4S. The number of piperazine rings is 1. The van der Waals surface area contributed by atoms with Crippen molar-refractivity contribution in [3.8, 4) is 17.3 Å². The Morgan fingerprint density at radius 3 is 2.72 bits per heavy atom. The summed E-state index contributed by atoms with van der Waals surface area (Å²) in [6.45, 7) is 4.69. The van der Waals surface area contributed by atoms with Crippen LogP contribution in [0, 0.1) is 6.92 Å². The zero-order valence-electron chi connectivity index (χ0n) is 29.9. The molecule has 0 spiro atoms. The highest BCUT2D eigenvalue weighted by atomic mass is 32.1. The number of carbonyl (C=O) groups is 1. The second kappa shape index (κ2) is 12.9. The van der Waals surface area contributed by atoms with E-state index < -0.39 is 24.2 Å². The van der Waals surface area contributed by atoms with Gasteiger partial charge in [0.15, 0.2) is 6.23 Å². The van der Waals surface area contributed by atoms with Crippen LogP contribution in [0.25, 0.3) is 42.5 Å². The molecule has 1 unspecified atom stereocenters. The first-order chi connectivity index (χ1) is 26.2. The monoisotopic (exact) mass is 762 g/mol. The molecule has 5 aliphatic heterocycles. The number of benzene rings is 1. The molecular weight excluding hydrogens is 722 g/mol. The summed E-state index contributed by atoms with van der Waals surface area (Å²) >= 11 is 1.35. The zero-order chi connectivity index (χ0) is 36.9. The molecule has 10 rings (SSSR count). The highest BCUT2D eigenvalue weighted by Gasteiger charge is 2.50. The second-order valence-electron chi connectivity index (χ2n) is 15.6. The van der Waals surface area contributed by atoms with Crippen molar-refractivity contribution in [2.75, 3.05) is 44.3 Å². The van der Waals surface area contributed by atoms with Crippen LogP contribution in [0.5, 0.6) is 6.01 Å². The highest BCUT2D eigenvalue weighted by Crippen LogP contribution is 2.48. The Hall–Kier alpha value is -4.28. The number of alkyl halides is 3. The van der Waals surface area contributed by atoms with Gasteiger partial charge in [0, 0.05) is 60.8 Å². The number of thiophene rings is 1. The van der Waals surface area contributed by atoms with Crippen LogP contribution < -0.4 is 9.64 Å². The van der Waals surface area contributed by atoms with Gasteiger partial charge in [0.2, 0.25) is 0 Å². The quantitative estimate of drug-likeness (QED) is 0.179. The topological polar surface area (TPSA) is 122 Å². The van der Waals surface area contributed by atoms with Gasteiger partial charge in [-0.25, -0.2) is 22.6 Å². The number of pyridine rings is 1. The van der Waals surface area contributed by atoms with Crippen LogP contribution in [0.4, 0.5) is 23.8 Å². The fourth-order valence-corrected chi connectivity index (χ4v) is 11.2. The number of fused-ring (bicyclic) bond motifs is 7. The third-order valence-corrected chi connectivity index (χ3v) is 13.6. The lowest BCUT2D eigenvalue weighted by molar-refractivity contribution is -0.0366. The number of aryl methyl sites for hydroxylation is 1. The zero-order valence-corrected chi connectivity index (χ0v) is 30.7. The lowest BCUT2D eigenvalue weighted by Crippen LogP contribution is -2.55. The maximum Gasteiger partial charge on any atom is 0.407 e. The third kappa shape index (κ3) is 5.34. The number of hydrogen-bond acceptors (Lipinski definition) is 10. The minimum atomic E-state index is -2.77. The number of rotatable bonds is 7. The summed E-state index contributed by atoms with van der Waals surface area (Å²) in [4.78, 5) is 33.4. The Labute approximate surface area is 312 Å². The second-order valence-corrected chi connectivity index (χ2v) is 16.6. The molecule has 5 saturated heterocycles. The van der Waals surface area contributed by atoms with Gasteiger partial charge in [-0.15, -0.1) is 11.3 Å². The Morgan fingerprint density at radius 1 is 1.13 bits per heavy atom. The Bertz CT molecular complexity index is 2280. The molecule has 54 heavy (non-hydrogen) atoms. The molecule has 1 amide bonds. The molecule has 12 nitrogen and oxygen atoms in total. The van der Waals surface area contributed by atoms with Crippen LogP contribution in [0.2, 0.25) is 0 Å². The number of amides is 1. The van der Waals surface area contributed by atoms with Crippen LogP contribution in [0.1, 0.15) is 75.1 Å². The molecule has 5 aromatic rings. The molecule has 0 radical (unpaired) electrons. The molecule has 284 valence electrons. The predicted molar refractivity (Wildman–Crippen MR) is 197 cm³/mol. The summed E-state index contributed by atoms with van der Waals surface area (Å²) in [5, 5.41) is 16.8. The number of hydrogen-bond donors (Lipinski definition) is 1. The third-order valence-electron chi connectivity index (χ3n) is 12.5. The average Bonchev–Trinajstić information content (AvgIpc) is 3.96. The van der Waals surface area contributed by atoms with E-state index in [4.69, 9.17) is 24.4 Å². The number of nitrogens with zero attached hydrogens (tertiary/aromatic N) is 8. The fourth-order valence-electron chi connectivity index (χ4n) is 10.1. The van der Waals surface area contributed by atoms with Gasteiger partial charge in [-0.2, -0.15) is 15.1 Å². The Balaban J connectivity index is 1.14.